The third kappa shape index (κ3) is 4.52. The van der Waals surface area contributed by atoms with Crippen LogP contribution in [0.15, 0.2) is 47.4 Å². The Kier molecular flexibility index (Phi) is 5.94. The van der Waals surface area contributed by atoms with Crippen molar-refractivity contribution in [3.8, 4) is 5.75 Å². The maximum Gasteiger partial charge on any atom is 0.312 e. The van der Waals surface area contributed by atoms with Crippen LogP contribution in [0.4, 0.5) is 11.4 Å². The summed E-state index contributed by atoms with van der Waals surface area (Å²) in [5.74, 6) is -1.00. The van der Waals surface area contributed by atoms with Gasteiger partial charge in [0.05, 0.1) is 33.3 Å². The Morgan fingerprint density at radius 1 is 1.20 bits per heavy atom. The molecule has 2 unspecified atom stereocenters. The topological polar surface area (TPSA) is 139 Å². The van der Waals surface area contributed by atoms with Crippen molar-refractivity contribution in [2.45, 2.75) is 31.0 Å². The van der Waals surface area contributed by atoms with Crippen LogP contribution >= 0.6 is 0 Å². The van der Waals surface area contributed by atoms with E-state index in [2.05, 4.69) is 4.72 Å². The SMILES string of the molecule is CC1CN(C(=O)c2ccccc2NS(=O)(=O)c2ccc(O)c([N+](=O)[O-])c2)CC(C)O1. The van der Waals surface area contributed by atoms with E-state index in [0.29, 0.717) is 13.1 Å². The Hall–Kier alpha value is -3.18. The lowest BCUT2D eigenvalue weighted by Crippen LogP contribution is -2.48. The molecule has 0 bridgehead atoms. The van der Waals surface area contributed by atoms with Gasteiger partial charge in [-0.3, -0.25) is 19.6 Å². The van der Waals surface area contributed by atoms with Crippen molar-refractivity contribution in [3.63, 3.8) is 0 Å². The van der Waals surface area contributed by atoms with Crippen molar-refractivity contribution in [2.75, 3.05) is 17.8 Å². The number of rotatable bonds is 5. The summed E-state index contributed by atoms with van der Waals surface area (Å²) in [6, 6.07) is 8.85. The number of carbonyl (C=O) groups is 1. The molecule has 0 saturated carbocycles. The zero-order valence-electron chi connectivity index (χ0n) is 16.3. The van der Waals surface area contributed by atoms with Gasteiger partial charge >= 0.3 is 5.69 Å². The molecule has 1 aliphatic heterocycles. The van der Waals surface area contributed by atoms with Crippen molar-refractivity contribution >= 4 is 27.3 Å². The predicted molar refractivity (Wildman–Crippen MR) is 108 cm³/mol. The molecule has 2 aromatic carbocycles. The van der Waals surface area contributed by atoms with Gasteiger partial charge in [-0.05, 0) is 38.1 Å². The molecule has 1 aliphatic rings. The smallest absolute Gasteiger partial charge is 0.312 e. The molecule has 1 fully saturated rings. The fourth-order valence-electron chi connectivity index (χ4n) is 3.29. The van der Waals surface area contributed by atoms with Gasteiger partial charge in [0, 0.05) is 19.2 Å². The number of benzene rings is 2. The fourth-order valence-corrected chi connectivity index (χ4v) is 4.39. The summed E-state index contributed by atoms with van der Waals surface area (Å²) in [5.41, 5.74) is -0.542. The number of nitro groups is 1. The first-order valence-corrected chi connectivity index (χ1v) is 10.6. The normalized spacial score (nSPS) is 19.3. The van der Waals surface area contributed by atoms with Crippen molar-refractivity contribution in [2.24, 2.45) is 0 Å². The summed E-state index contributed by atoms with van der Waals surface area (Å²) in [5, 5.41) is 20.5. The number of nitro benzene ring substituents is 1. The second-order valence-electron chi connectivity index (χ2n) is 7.03. The maximum atomic E-state index is 13.0. The highest BCUT2D eigenvalue weighted by atomic mass is 32.2. The van der Waals surface area contributed by atoms with Crippen LogP contribution in [0.1, 0.15) is 24.2 Å². The van der Waals surface area contributed by atoms with Crippen molar-refractivity contribution in [1.29, 1.82) is 0 Å². The zero-order chi connectivity index (χ0) is 22.1. The largest absolute Gasteiger partial charge is 0.502 e. The van der Waals surface area contributed by atoms with Gasteiger partial charge in [0.2, 0.25) is 0 Å². The number of sulfonamides is 1. The van der Waals surface area contributed by atoms with E-state index >= 15 is 0 Å². The summed E-state index contributed by atoms with van der Waals surface area (Å²) in [4.78, 5) is 24.3. The molecule has 30 heavy (non-hydrogen) atoms. The first-order chi connectivity index (χ1) is 14.1. The number of morpholine rings is 1. The zero-order valence-corrected chi connectivity index (χ0v) is 17.1. The Balaban J connectivity index is 1.92. The lowest BCUT2D eigenvalue weighted by Gasteiger charge is -2.35. The van der Waals surface area contributed by atoms with Crippen LogP contribution in [0.2, 0.25) is 0 Å². The predicted octanol–water partition coefficient (Wildman–Crippen LogP) is 2.35. The minimum Gasteiger partial charge on any atom is -0.502 e. The first-order valence-electron chi connectivity index (χ1n) is 9.12. The van der Waals surface area contributed by atoms with Gasteiger partial charge < -0.3 is 14.7 Å². The monoisotopic (exact) mass is 435 g/mol. The summed E-state index contributed by atoms with van der Waals surface area (Å²) in [6.45, 7) is 4.44. The number of anilines is 1. The number of carbonyl (C=O) groups excluding carboxylic acids is 1. The summed E-state index contributed by atoms with van der Waals surface area (Å²) < 4.78 is 33.5. The van der Waals surface area contributed by atoms with Crippen LogP contribution in [0.5, 0.6) is 5.75 Å². The molecule has 160 valence electrons. The summed E-state index contributed by atoms with van der Waals surface area (Å²) in [6.07, 6.45) is -0.307. The summed E-state index contributed by atoms with van der Waals surface area (Å²) in [7, 11) is -4.26. The van der Waals surface area contributed by atoms with Crippen LogP contribution in [-0.2, 0) is 14.8 Å². The Labute approximate surface area is 173 Å². The highest BCUT2D eigenvalue weighted by Crippen LogP contribution is 2.30. The van der Waals surface area contributed by atoms with Crippen LogP contribution in [0.3, 0.4) is 0 Å². The molecule has 2 aromatic rings. The Morgan fingerprint density at radius 3 is 2.47 bits per heavy atom. The average molecular weight is 435 g/mol. The number of phenols is 1. The van der Waals surface area contributed by atoms with Gasteiger partial charge in [-0.1, -0.05) is 12.1 Å². The van der Waals surface area contributed by atoms with Gasteiger partial charge in [0.25, 0.3) is 15.9 Å². The molecule has 10 nitrogen and oxygen atoms in total. The highest BCUT2D eigenvalue weighted by Gasteiger charge is 2.29. The van der Waals surface area contributed by atoms with E-state index in [1.165, 1.54) is 12.1 Å². The fraction of sp³-hybridized carbons (Fsp3) is 0.316. The van der Waals surface area contributed by atoms with E-state index in [1.54, 1.807) is 17.0 Å². The average Bonchev–Trinajstić information content (AvgIpc) is 2.66. The molecule has 1 heterocycles. The number of nitrogens with one attached hydrogen (secondary N) is 1. The van der Waals surface area contributed by atoms with Crippen molar-refractivity contribution in [3.05, 3.63) is 58.1 Å². The second kappa shape index (κ2) is 8.28. The van der Waals surface area contributed by atoms with Crippen LogP contribution in [0.25, 0.3) is 0 Å². The standard InChI is InChI=1S/C19H21N3O7S/c1-12-10-21(11-13(2)29-12)19(24)15-5-3-4-6-16(15)20-30(27,28)14-7-8-18(23)17(9-14)22(25)26/h3-9,12-13,20,23H,10-11H2,1-2H3. The summed E-state index contributed by atoms with van der Waals surface area (Å²) >= 11 is 0. The third-order valence-electron chi connectivity index (χ3n) is 4.56. The van der Waals surface area contributed by atoms with Gasteiger partial charge in [-0.25, -0.2) is 8.42 Å². The second-order valence-corrected chi connectivity index (χ2v) is 8.71. The molecule has 0 aliphatic carbocycles. The van der Waals surface area contributed by atoms with Crippen LogP contribution in [-0.4, -0.2) is 54.6 Å². The molecule has 2 atom stereocenters. The molecular formula is C19H21N3O7S. The molecule has 0 radical (unpaired) electrons. The molecule has 2 N–H and O–H groups in total. The minimum atomic E-state index is -4.26. The van der Waals surface area contributed by atoms with E-state index in [4.69, 9.17) is 4.74 Å². The molecule has 0 spiro atoms. The Bertz CT molecular complexity index is 1080. The Morgan fingerprint density at radius 2 is 1.83 bits per heavy atom. The number of para-hydroxylation sites is 1. The number of aromatic hydroxyl groups is 1. The molecular weight excluding hydrogens is 414 g/mol. The molecule has 3 rings (SSSR count). The van der Waals surface area contributed by atoms with Crippen molar-refractivity contribution in [1.82, 2.24) is 4.90 Å². The van der Waals surface area contributed by atoms with Crippen LogP contribution in [0, 0.1) is 10.1 Å². The molecule has 11 heteroatoms. The van der Waals surface area contributed by atoms with Gasteiger partial charge in [-0.15, -0.1) is 0 Å². The van der Waals surface area contributed by atoms with Crippen LogP contribution < -0.4 is 4.72 Å². The van der Waals surface area contributed by atoms with E-state index in [9.17, 15) is 28.4 Å². The third-order valence-corrected chi connectivity index (χ3v) is 5.93. The molecule has 0 aromatic heterocycles. The van der Waals surface area contributed by atoms with Gasteiger partial charge in [-0.2, -0.15) is 0 Å². The molecule has 1 saturated heterocycles. The van der Waals surface area contributed by atoms with E-state index in [1.807, 2.05) is 13.8 Å². The van der Waals surface area contributed by atoms with Gasteiger partial charge in [0.15, 0.2) is 5.75 Å². The molecule has 1 amide bonds. The van der Waals surface area contributed by atoms with E-state index in [0.717, 1.165) is 18.2 Å². The number of amides is 1. The minimum absolute atomic E-state index is 0.0463. The number of phenolic OH excluding ortho intramolecular Hbond substituents is 1. The number of nitrogens with zero attached hydrogens (tertiary/aromatic N) is 2. The number of hydrogen-bond acceptors (Lipinski definition) is 7. The quantitative estimate of drug-likeness (QED) is 0.543. The van der Waals surface area contributed by atoms with E-state index in [-0.39, 0.29) is 29.4 Å². The highest BCUT2D eigenvalue weighted by molar-refractivity contribution is 7.92. The lowest BCUT2D eigenvalue weighted by atomic mass is 10.1. The number of hydrogen-bond donors (Lipinski definition) is 2. The van der Waals surface area contributed by atoms with E-state index < -0.39 is 31.3 Å². The first kappa shape index (κ1) is 21.5. The maximum absolute atomic E-state index is 13.0. The lowest BCUT2D eigenvalue weighted by molar-refractivity contribution is -0.386. The van der Waals surface area contributed by atoms with Gasteiger partial charge in [0.1, 0.15) is 0 Å². The number of ether oxygens (including phenoxy) is 1. The van der Waals surface area contributed by atoms with Crippen molar-refractivity contribution < 1.29 is 28.0 Å².